The zero-order valence-electron chi connectivity index (χ0n) is 18.2. The normalized spacial score (nSPS) is 15.9. The topological polar surface area (TPSA) is 109 Å². The summed E-state index contributed by atoms with van der Waals surface area (Å²) in [6.07, 6.45) is 6.00. The second-order valence-corrected chi connectivity index (χ2v) is 9.26. The number of hydrogen-bond acceptors (Lipinski definition) is 7. The second kappa shape index (κ2) is 8.65. The molecule has 0 atom stereocenters. The van der Waals surface area contributed by atoms with Gasteiger partial charge in [-0.05, 0) is 54.5 Å². The van der Waals surface area contributed by atoms with Crippen molar-refractivity contribution in [2.24, 2.45) is 11.7 Å². The molecular formula is C25H30N4O3. The van der Waals surface area contributed by atoms with Crippen LogP contribution in [0.3, 0.4) is 0 Å². The van der Waals surface area contributed by atoms with E-state index in [4.69, 9.17) is 10.3 Å². The minimum Gasteiger partial charge on any atom is -0.394 e. The van der Waals surface area contributed by atoms with Crippen LogP contribution in [0, 0.1) is 5.92 Å². The molecule has 5 rings (SSSR count). The number of hydrogen-bond donors (Lipinski definition) is 3. The highest BCUT2D eigenvalue weighted by Crippen LogP contribution is 2.36. The second-order valence-electron chi connectivity index (χ2n) is 9.26. The monoisotopic (exact) mass is 434 g/mol. The molecule has 7 nitrogen and oxygen atoms in total. The Labute approximate surface area is 187 Å². The predicted molar refractivity (Wildman–Crippen MR) is 123 cm³/mol. The van der Waals surface area contributed by atoms with Crippen LogP contribution in [0.25, 0.3) is 22.8 Å². The van der Waals surface area contributed by atoms with Crippen LogP contribution in [0.5, 0.6) is 0 Å². The maximum atomic E-state index is 9.57. The number of benzene rings is 2. The van der Waals surface area contributed by atoms with Crippen LogP contribution >= 0.6 is 0 Å². The summed E-state index contributed by atoms with van der Waals surface area (Å²) in [5.41, 5.74) is 10.5. The summed E-state index contributed by atoms with van der Waals surface area (Å²) in [6.45, 7) is 0.588. The van der Waals surface area contributed by atoms with E-state index in [1.807, 2.05) is 18.2 Å². The van der Waals surface area contributed by atoms with Crippen LogP contribution in [0.1, 0.15) is 30.4 Å². The summed E-state index contributed by atoms with van der Waals surface area (Å²) >= 11 is 0. The lowest BCUT2D eigenvalue weighted by Crippen LogP contribution is -2.55. The number of anilines is 1. The van der Waals surface area contributed by atoms with Gasteiger partial charge in [0.15, 0.2) is 0 Å². The zero-order valence-corrected chi connectivity index (χ0v) is 18.2. The van der Waals surface area contributed by atoms with Gasteiger partial charge >= 0.3 is 0 Å². The molecule has 0 amide bonds. The first-order chi connectivity index (χ1) is 15.6. The van der Waals surface area contributed by atoms with Crippen molar-refractivity contribution >= 4 is 5.69 Å². The SMILES string of the molecule is NC(CO)(CO)CN1CCc2c(-c3noc(-c4ccc(CCC5CC5)cc4)n3)cccc21. The van der Waals surface area contributed by atoms with Gasteiger partial charge in [-0.2, -0.15) is 4.98 Å². The third-order valence-electron chi connectivity index (χ3n) is 6.67. The number of aryl methyl sites for hydroxylation is 1. The summed E-state index contributed by atoms with van der Waals surface area (Å²) in [7, 11) is 0. The van der Waals surface area contributed by atoms with Gasteiger partial charge in [0.05, 0.1) is 18.8 Å². The first-order valence-electron chi connectivity index (χ1n) is 11.4. The highest BCUT2D eigenvalue weighted by molar-refractivity contribution is 5.73. The van der Waals surface area contributed by atoms with Gasteiger partial charge in [0.1, 0.15) is 0 Å². The van der Waals surface area contributed by atoms with Gasteiger partial charge in [-0.1, -0.05) is 42.3 Å². The summed E-state index contributed by atoms with van der Waals surface area (Å²) in [5, 5.41) is 23.4. The average Bonchev–Trinajstić information content (AvgIpc) is 3.38. The minimum atomic E-state index is -1.04. The number of aromatic nitrogens is 2. The molecule has 1 saturated carbocycles. The maximum Gasteiger partial charge on any atom is 0.258 e. The Hall–Kier alpha value is -2.74. The molecule has 32 heavy (non-hydrogen) atoms. The minimum absolute atomic E-state index is 0.275. The Kier molecular flexibility index (Phi) is 5.71. The van der Waals surface area contributed by atoms with Gasteiger partial charge in [-0.3, -0.25) is 0 Å². The number of nitrogens with zero attached hydrogens (tertiary/aromatic N) is 3. The maximum absolute atomic E-state index is 9.57. The Morgan fingerprint density at radius 3 is 2.59 bits per heavy atom. The molecule has 0 spiro atoms. The third kappa shape index (κ3) is 4.28. The van der Waals surface area contributed by atoms with E-state index in [9.17, 15) is 10.2 Å². The van der Waals surface area contributed by atoms with Gasteiger partial charge in [-0.15, -0.1) is 0 Å². The van der Waals surface area contributed by atoms with E-state index in [2.05, 4.69) is 39.3 Å². The van der Waals surface area contributed by atoms with Crippen molar-refractivity contribution in [2.75, 3.05) is 31.2 Å². The van der Waals surface area contributed by atoms with Crippen molar-refractivity contribution in [3.63, 3.8) is 0 Å². The van der Waals surface area contributed by atoms with Gasteiger partial charge in [0.2, 0.25) is 5.82 Å². The van der Waals surface area contributed by atoms with Gasteiger partial charge in [0, 0.05) is 29.9 Å². The quantitative estimate of drug-likeness (QED) is 0.475. The van der Waals surface area contributed by atoms with Crippen molar-refractivity contribution in [3.05, 3.63) is 53.6 Å². The molecule has 4 N–H and O–H groups in total. The Morgan fingerprint density at radius 1 is 1.09 bits per heavy atom. The summed E-state index contributed by atoms with van der Waals surface area (Å²) < 4.78 is 5.59. The molecule has 1 aromatic heterocycles. The Balaban J connectivity index is 1.34. The van der Waals surface area contributed by atoms with Crippen LogP contribution in [0.2, 0.25) is 0 Å². The van der Waals surface area contributed by atoms with E-state index in [1.165, 1.54) is 24.8 Å². The lowest BCUT2D eigenvalue weighted by Gasteiger charge is -2.31. The molecule has 3 aromatic rings. The highest BCUT2D eigenvalue weighted by atomic mass is 16.5. The van der Waals surface area contributed by atoms with Crippen LogP contribution < -0.4 is 10.6 Å². The molecular weight excluding hydrogens is 404 g/mol. The lowest BCUT2D eigenvalue weighted by molar-refractivity contribution is 0.125. The van der Waals surface area contributed by atoms with E-state index in [0.717, 1.165) is 47.7 Å². The lowest BCUT2D eigenvalue weighted by atomic mass is 10.0. The fourth-order valence-corrected chi connectivity index (χ4v) is 4.45. The number of aliphatic hydroxyl groups excluding tert-OH is 2. The number of fused-ring (bicyclic) bond motifs is 1. The van der Waals surface area contributed by atoms with E-state index in [0.29, 0.717) is 18.3 Å². The molecule has 0 unspecified atom stereocenters. The van der Waals surface area contributed by atoms with E-state index in [1.54, 1.807) is 0 Å². The predicted octanol–water partition coefficient (Wildman–Crippen LogP) is 2.79. The smallest absolute Gasteiger partial charge is 0.258 e. The third-order valence-corrected chi connectivity index (χ3v) is 6.67. The Bertz CT molecular complexity index is 1070. The van der Waals surface area contributed by atoms with E-state index < -0.39 is 5.54 Å². The molecule has 2 aromatic carbocycles. The standard InChI is InChI=1S/C25H30N4O3/c26-25(15-30,16-31)14-29-13-12-20-21(2-1-3-22(20)29)23-27-24(32-28-23)19-10-8-18(9-11-19)7-6-17-4-5-17/h1-3,8-11,17,30-31H,4-7,12-16,26H2. The van der Waals surface area contributed by atoms with Crippen molar-refractivity contribution in [2.45, 2.75) is 37.6 Å². The Morgan fingerprint density at radius 2 is 1.88 bits per heavy atom. The molecule has 2 heterocycles. The van der Waals surface area contributed by atoms with Gasteiger partial charge in [0.25, 0.3) is 5.89 Å². The summed E-state index contributed by atoms with van der Waals surface area (Å²) in [4.78, 5) is 6.78. The summed E-state index contributed by atoms with van der Waals surface area (Å²) in [6, 6.07) is 14.4. The number of aliphatic hydroxyl groups is 2. The van der Waals surface area contributed by atoms with Gasteiger partial charge < -0.3 is 25.4 Å². The molecule has 0 radical (unpaired) electrons. The first-order valence-corrected chi connectivity index (χ1v) is 11.4. The van der Waals surface area contributed by atoms with Crippen molar-refractivity contribution in [1.82, 2.24) is 10.1 Å². The van der Waals surface area contributed by atoms with Crippen molar-refractivity contribution in [3.8, 4) is 22.8 Å². The zero-order chi connectivity index (χ0) is 22.1. The highest BCUT2D eigenvalue weighted by Gasteiger charge is 2.31. The van der Waals surface area contributed by atoms with Crippen LogP contribution in [0.4, 0.5) is 5.69 Å². The largest absolute Gasteiger partial charge is 0.394 e. The number of nitrogens with two attached hydrogens (primary N) is 1. The van der Waals surface area contributed by atoms with Crippen molar-refractivity contribution in [1.29, 1.82) is 0 Å². The molecule has 168 valence electrons. The fourth-order valence-electron chi connectivity index (χ4n) is 4.45. The van der Waals surface area contributed by atoms with E-state index >= 15 is 0 Å². The fraction of sp³-hybridized carbons (Fsp3) is 0.440. The van der Waals surface area contributed by atoms with Crippen LogP contribution in [-0.2, 0) is 12.8 Å². The van der Waals surface area contributed by atoms with Gasteiger partial charge in [-0.25, -0.2) is 0 Å². The first kappa shape index (κ1) is 21.1. The number of rotatable bonds is 9. The molecule has 2 aliphatic rings. The van der Waals surface area contributed by atoms with Crippen LogP contribution in [0.15, 0.2) is 47.0 Å². The summed E-state index contributed by atoms with van der Waals surface area (Å²) in [5.74, 6) is 2.02. The van der Waals surface area contributed by atoms with E-state index in [-0.39, 0.29) is 13.2 Å². The molecule has 0 bridgehead atoms. The molecule has 1 aliphatic carbocycles. The average molecular weight is 435 g/mol. The molecule has 1 fully saturated rings. The van der Waals surface area contributed by atoms with Crippen LogP contribution in [-0.4, -0.2) is 52.2 Å². The van der Waals surface area contributed by atoms with Crippen molar-refractivity contribution < 1.29 is 14.7 Å². The molecule has 0 saturated heterocycles. The molecule has 7 heteroatoms. The molecule has 1 aliphatic heterocycles.